The number of ether oxygens (including phenoxy) is 1. The van der Waals surface area contributed by atoms with Crippen LogP contribution in [0.5, 0.6) is 5.75 Å². The smallest absolute Gasteiger partial charge is 0.287 e. The Labute approximate surface area is 157 Å². The van der Waals surface area contributed by atoms with Crippen LogP contribution in [-0.2, 0) is 13.1 Å². The lowest BCUT2D eigenvalue weighted by molar-refractivity contribution is 0.0929. The molecule has 0 aliphatic heterocycles. The third kappa shape index (κ3) is 4.61. The molecule has 138 valence electrons. The number of rotatable bonds is 7. The van der Waals surface area contributed by atoms with Crippen molar-refractivity contribution in [3.63, 3.8) is 0 Å². The van der Waals surface area contributed by atoms with E-state index in [0.29, 0.717) is 17.9 Å². The number of nitrogens with one attached hydrogen (secondary N) is 1. The van der Waals surface area contributed by atoms with Gasteiger partial charge in [0.25, 0.3) is 5.91 Å². The van der Waals surface area contributed by atoms with Gasteiger partial charge in [0.2, 0.25) is 0 Å². The van der Waals surface area contributed by atoms with Crippen molar-refractivity contribution in [1.82, 2.24) is 14.9 Å². The van der Waals surface area contributed by atoms with Gasteiger partial charge in [-0.15, -0.1) is 0 Å². The lowest BCUT2D eigenvalue weighted by Gasteiger charge is -2.09. The number of ketones is 1. The first kappa shape index (κ1) is 18.4. The zero-order valence-corrected chi connectivity index (χ0v) is 15.3. The van der Waals surface area contributed by atoms with E-state index in [1.807, 2.05) is 31.2 Å². The monoisotopic (exact) mass is 363 g/mol. The summed E-state index contributed by atoms with van der Waals surface area (Å²) in [6, 6.07) is 14.8. The molecular formula is C21H21N3O3. The van der Waals surface area contributed by atoms with Crippen molar-refractivity contribution in [2.45, 2.75) is 20.0 Å². The van der Waals surface area contributed by atoms with E-state index in [-0.39, 0.29) is 24.1 Å². The number of aromatic nitrogens is 2. The lowest BCUT2D eigenvalue weighted by Crippen LogP contribution is -2.27. The van der Waals surface area contributed by atoms with Crippen LogP contribution in [0.3, 0.4) is 0 Å². The number of nitrogens with zero attached hydrogens (tertiary/aromatic N) is 2. The number of hydrogen-bond donors (Lipinski definition) is 1. The Morgan fingerprint density at radius 3 is 2.44 bits per heavy atom. The minimum absolute atomic E-state index is 0.0413. The molecule has 1 heterocycles. The van der Waals surface area contributed by atoms with Gasteiger partial charge in [-0.05, 0) is 36.8 Å². The van der Waals surface area contributed by atoms with Gasteiger partial charge in [0, 0.05) is 24.5 Å². The molecule has 0 spiro atoms. The molecule has 3 aromatic rings. The number of carbonyl (C=O) groups is 2. The van der Waals surface area contributed by atoms with Crippen molar-refractivity contribution in [2.24, 2.45) is 0 Å². The number of imidazole rings is 1. The summed E-state index contributed by atoms with van der Waals surface area (Å²) in [5.74, 6) is 0.473. The molecule has 0 atom stereocenters. The molecule has 0 saturated heterocycles. The van der Waals surface area contributed by atoms with Crippen LogP contribution in [0.15, 0.2) is 60.9 Å². The second kappa shape index (κ2) is 8.31. The molecule has 0 aliphatic carbocycles. The summed E-state index contributed by atoms with van der Waals surface area (Å²) in [6.07, 6.45) is 3.14. The van der Waals surface area contributed by atoms with Gasteiger partial charge in [0.15, 0.2) is 11.6 Å². The van der Waals surface area contributed by atoms with E-state index in [1.54, 1.807) is 42.1 Å². The van der Waals surface area contributed by atoms with Crippen LogP contribution in [0.25, 0.3) is 0 Å². The third-order valence-corrected chi connectivity index (χ3v) is 4.22. The zero-order valence-electron chi connectivity index (χ0n) is 15.3. The van der Waals surface area contributed by atoms with Crippen LogP contribution in [0.4, 0.5) is 0 Å². The van der Waals surface area contributed by atoms with Gasteiger partial charge in [0.1, 0.15) is 5.75 Å². The van der Waals surface area contributed by atoms with Crippen molar-refractivity contribution < 1.29 is 14.3 Å². The van der Waals surface area contributed by atoms with Gasteiger partial charge in [-0.3, -0.25) is 9.59 Å². The highest BCUT2D eigenvalue weighted by atomic mass is 16.5. The number of Topliss-reactive ketones (excluding diaryl/α,β-unsaturated/α-hetero) is 1. The van der Waals surface area contributed by atoms with Gasteiger partial charge >= 0.3 is 0 Å². The van der Waals surface area contributed by atoms with E-state index in [0.717, 1.165) is 11.1 Å². The molecule has 0 radical (unpaired) electrons. The van der Waals surface area contributed by atoms with Gasteiger partial charge in [-0.1, -0.05) is 29.8 Å². The summed E-state index contributed by atoms with van der Waals surface area (Å²) < 4.78 is 6.65. The third-order valence-electron chi connectivity index (χ3n) is 4.22. The van der Waals surface area contributed by atoms with Crippen LogP contribution in [0.1, 0.15) is 32.1 Å². The van der Waals surface area contributed by atoms with Crippen molar-refractivity contribution >= 4 is 11.7 Å². The molecule has 1 amide bonds. The molecule has 2 aromatic carbocycles. The predicted molar refractivity (Wildman–Crippen MR) is 102 cm³/mol. The standard InChI is InChI=1S/C21H21N3O3/c1-15-3-5-16(6-4-15)13-23-21(26)20-22-11-12-24(20)14-19(25)17-7-9-18(27-2)10-8-17/h3-12H,13-14H2,1-2H3,(H,23,26). The Balaban J connectivity index is 1.64. The van der Waals surface area contributed by atoms with E-state index >= 15 is 0 Å². The highest BCUT2D eigenvalue weighted by Gasteiger charge is 2.15. The van der Waals surface area contributed by atoms with E-state index in [2.05, 4.69) is 10.3 Å². The highest BCUT2D eigenvalue weighted by molar-refractivity contribution is 5.97. The summed E-state index contributed by atoms with van der Waals surface area (Å²) >= 11 is 0. The summed E-state index contributed by atoms with van der Waals surface area (Å²) in [6.45, 7) is 2.46. The number of amides is 1. The van der Waals surface area contributed by atoms with Crippen LogP contribution < -0.4 is 10.1 Å². The SMILES string of the molecule is COc1ccc(C(=O)Cn2ccnc2C(=O)NCc2ccc(C)cc2)cc1. The fourth-order valence-electron chi connectivity index (χ4n) is 2.64. The van der Waals surface area contributed by atoms with Gasteiger partial charge < -0.3 is 14.6 Å². The Hall–Kier alpha value is -3.41. The van der Waals surface area contributed by atoms with Crippen molar-refractivity contribution in [3.05, 3.63) is 83.4 Å². The second-order valence-electron chi connectivity index (χ2n) is 6.20. The van der Waals surface area contributed by atoms with Crippen LogP contribution in [0, 0.1) is 6.92 Å². The van der Waals surface area contributed by atoms with Gasteiger partial charge in [-0.25, -0.2) is 4.98 Å². The Morgan fingerprint density at radius 2 is 1.78 bits per heavy atom. The molecule has 0 aliphatic rings. The summed E-state index contributed by atoms with van der Waals surface area (Å²) in [5, 5.41) is 2.84. The number of aryl methyl sites for hydroxylation is 1. The van der Waals surface area contributed by atoms with E-state index in [1.165, 1.54) is 6.20 Å². The minimum atomic E-state index is -0.317. The number of carbonyl (C=O) groups excluding carboxylic acids is 2. The highest BCUT2D eigenvalue weighted by Crippen LogP contribution is 2.13. The average molecular weight is 363 g/mol. The predicted octanol–water partition coefficient (Wildman–Crippen LogP) is 3.01. The topological polar surface area (TPSA) is 73.2 Å². The number of benzene rings is 2. The maximum absolute atomic E-state index is 12.5. The minimum Gasteiger partial charge on any atom is -0.497 e. The Kier molecular flexibility index (Phi) is 5.66. The Bertz CT molecular complexity index is 928. The normalized spacial score (nSPS) is 10.4. The first-order chi connectivity index (χ1) is 13.1. The van der Waals surface area contributed by atoms with Crippen molar-refractivity contribution in [1.29, 1.82) is 0 Å². The van der Waals surface area contributed by atoms with Gasteiger partial charge in [-0.2, -0.15) is 0 Å². The van der Waals surface area contributed by atoms with E-state index in [9.17, 15) is 9.59 Å². The molecule has 0 unspecified atom stereocenters. The van der Waals surface area contributed by atoms with Crippen LogP contribution in [0.2, 0.25) is 0 Å². The summed E-state index contributed by atoms with van der Waals surface area (Å²) in [4.78, 5) is 29.0. The van der Waals surface area contributed by atoms with Crippen LogP contribution in [-0.4, -0.2) is 28.4 Å². The fraction of sp³-hybridized carbons (Fsp3) is 0.190. The average Bonchev–Trinajstić information content (AvgIpc) is 3.15. The molecule has 27 heavy (non-hydrogen) atoms. The van der Waals surface area contributed by atoms with E-state index < -0.39 is 0 Å². The molecule has 1 aromatic heterocycles. The molecule has 0 bridgehead atoms. The molecule has 0 fully saturated rings. The molecule has 1 N–H and O–H groups in total. The molecule has 0 saturated carbocycles. The molecule has 3 rings (SSSR count). The summed E-state index contributed by atoms with van der Waals surface area (Å²) in [7, 11) is 1.57. The number of hydrogen-bond acceptors (Lipinski definition) is 4. The van der Waals surface area contributed by atoms with Crippen molar-refractivity contribution in [3.8, 4) is 5.75 Å². The quantitative estimate of drug-likeness (QED) is 0.655. The zero-order chi connectivity index (χ0) is 19.2. The largest absolute Gasteiger partial charge is 0.497 e. The number of methoxy groups -OCH3 is 1. The maximum Gasteiger partial charge on any atom is 0.287 e. The Morgan fingerprint density at radius 1 is 1.07 bits per heavy atom. The maximum atomic E-state index is 12.5. The molecule has 6 heteroatoms. The lowest BCUT2D eigenvalue weighted by atomic mass is 10.1. The summed E-state index contributed by atoms with van der Waals surface area (Å²) in [5.41, 5.74) is 2.72. The van der Waals surface area contributed by atoms with Gasteiger partial charge in [0.05, 0.1) is 13.7 Å². The first-order valence-electron chi connectivity index (χ1n) is 8.59. The van der Waals surface area contributed by atoms with Crippen molar-refractivity contribution in [2.75, 3.05) is 7.11 Å². The molecule has 6 nitrogen and oxygen atoms in total. The second-order valence-corrected chi connectivity index (χ2v) is 6.20. The van der Waals surface area contributed by atoms with E-state index in [4.69, 9.17) is 4.74 Å². The fourth-order valence-corrected chi connectivity index (χ4v) is 2.64. The first-order valence-corrected chi connectivity index (χ1v) is 8.59. The van der Waals surface area contributed by atoms with Crippen LogP contribution >= 0.6 is 0 Å². The molecular weight excluding hydrogens is 342 g/mol.